The minimum atomic E-state index is -4.16. The summed E-state index contributed by atoms with van der Waals surface area (Å²) in [6, 6.07) is 2.59. The van der Waals surface area contributed by atoms with Crippen molar-refractivity contribution in [3.8, 4) is 0 Å². The number of rotatable bonds is 2. The lowest BCUT2D eigenvalue weighted by atomic mass is 10.1. The zero-order valence-corrected chi connectivity index (χ0v) is 11.5. The van der Waals surface area contributed by atoms with Crippen molar-refractivity contribution in [3.63, 3.8) is 0 Å². The van der Waals surface area contributed by atoms with E-state index < -0.39 is 27.9 Å². The molecule has 0 fully saturated rings. The van der Waals surface area contributed by atoms with E-state index in [9.17, 15) is 16.8 Å². The first-order chi connectivity index (χ1) is 7.05. The Kier molecular flexibility index (Phi) is 3.59. The Morgan fingerprint density at radius 2 is 1.44 bits per heavy atom. The Balaban J connectivity index is 3.88. The second-order valence-corrected chi connectivity index (χ2v) is 8.25. The van der Waals surface area contributed by atoms with Crippen molar-refractivity contribution in [1.82, 2.24) is 0 Å². The molecular formula is C8H8Cl2O4S2. The van der Waals surface area contributed by atoms with Gasteiger partial charge in [0.2, 0.25) is 0 Å². The van der Waals surface area contributed by atoms with E-state index in [1.807, 2.05) is 0 Å². The normalized spacial score (nSPS) is 12.8. The van der Waals surface area contributed by atoms with Gasteiger partial charge >= 0.3 is 0 Å². The van der Waals surface area contributed by atoms with Crippen LogP contribution in [0.25, 0.3) is 0 Å². The first kappa shape index (κ1) is 13.8. The van der Waals surface area contributed by atoms with Crippen LogP contribution in [0.1, 0.15) is 11.1 Å². The second kappa shape index (κ2) is 4.18. The summed E-state index contributed by atoms with van der Waals surface area (Å²) >= 11 is 0. The molecular weight excluding hydrogens is 295 g/mol. The first-order valence-electron chi connectivity index (χ1n) is 4.04. The second-order valence-electron chi connectivity index (χ2n) is 3.21. The standard InChI is InChI=1S/C8H8Cl2O4S2/c1-5-3-4-7(15(9,11)12)8(6(5)2)16(10,13)14/h3-4H,1-2H3. The minimum absolute atomic E-state index is 0.275. The molecule has 0 aromatic heterocycles. The Hall–Kier alpha value is -0.300. The molecule has 8 heteroatoms. The van der Waals surface area contributed by atoms with Crippen LogP contribution in [0, 0.1) is 13.8 Å². The third kappa shape index (κ3) is 2.68. The van der Waals surface area contributed by atoms with Gasteiger partial charge in [0, 0.05) is 21.4 Å². The summed E-state index contributed by atoms with van der Waals surface area (Å²) in [7, 11) is 2.03. The fourth-order valence-electron chi connectivity index (χ4n) is 1.26. The number of benzene rings is 1. The van der Waals surface area contributed by atoms with E-state index in [2.05, 4.69) is 0 Å². The monoisotopic (exact) mass is 302 g/mol. The highest BCUT2D eigenvalue weighted by Gasteiger charge is 2.26. The lowest BCUT2D eigenvalue weighted by Crippen LogP contribution is -2.05. The zero-order valence-electron chi connectivity index (χ0n) is 8.36. The van der Waals surface area contributed by atoms with Crippen molar-refractivity contribution in [3.05, 3.63) is 23.3 Å². The lowest BCUT2D eigenvalue weighted by molar-refractivity contribution is 0.596. The van der Waals surface area contributed by atoms with Crippen LogP contribution in [0.4, 0.5) is 0 Å². The van der Waals surface area contributed by atoms with Crippen molar-refractivity contribution >= 4 is 39.5 Å². The highest BCUT2D eigenvalue weighted by atomic mass is 35.7. The zero-order chi connectivity index (χ0) is 12.7. The van der Waals surface area contributed by atoms with Crippen LogP contribution in [0.5, 0.6) is 0 Å². The molecule has 0 saturated heterocycles. The molecule has 0 radical (unpaired) electrons. The fourth-order valence-corrected chi connectivity index (χ4v) is 4.62. The van der Waals surface area contributed by atoms with Gasteiger partial charge in [-0.05, 0) is 31.0 Å². The molecule has 1 aromatic carbocycles. The van der Waals surface area contributed by atoms with Crippen LogP contribution in [0.2, 0.25) is 0 Å². The van der Waals surface area contributed by atoms with Gasteiger partial charge in [-0.2, -0.15) is 0 Å². The molecule has 1 aromatic rings. The topological polar surface area (TPSA) is 68.3 Å². The van der Waals surface area contributed by atoms with Crippen molar-refractivity contribution in [2.45, 2.75) is 23.6 Å². The Morgan fingerprint density at radius 3 is 1.81 bits per heavy atom. The van der Waals surface area contributed by atoms with Gasteiger partial charge in [0.05, 0.1) is 0 Å². The SMILES string of the molecule is Cc1ccc(S(=O)(=O)Cl)c(S(=O)(=O)Cl)c1C. The van der Waals surface area contributed by atoms with Gasteiger partial charge in [-0.3, -0.25) is 0 Å². The number of hydrogen-bond donors (Lipinski definition) is 0. The molecule has 0 spiro atoms. The van der Waals surface area contributed by atoms with Crippen LogP contribution in [-0.4, -0.2) is 16.8 Å². The average molecular weight is 303 g/mol. The van der Waals surface area contributed by atoms with E-state index in [4.69, 9.17) is 21.4 Å². The van der Waals surface area contributed by atoms with Gasteiger partial charge in [0.1, 0.15) is 9.79 Å². The molecule has 0 aliphatic heterocycles. The summed E-state index contributed by atoms with van der Waals surface area (Å²) in [4.78, 5) is -0.948. The van der Waals surface area contributed by atoms with Gasteiger partial charge < -0.3 is 0 Å². The van der Waals surface area contributed by atoms with Crippen LogP contribution in [-0.2, 0) is 18.1 Å². The summed E-state index contributed by atoms with van der Waals surface area (Å²) in [6.45, 7) is 3.11. The number of aryl methyl sites for hydroxylation is 1. The van der Waals surface area contributed by atoms with Crippen molar-refractivity contribution in [2.75, 3.05) is 0 Å². The number of hydrogen-bond acceptors (Lipinski definition) is 4. The van der Waals surface area contributed by atoms with Gasteiger partial charge in [-0.25, -0.2) is 16.8 Å². The summed E-state index contributed by atoms with van der Waals surface area (Å²) in [5.41, 5.74) is 0.889. The molecule has 0 bridgehead atoms. The van der Waals surface area contributed by atoms with E-state index >= 15 is 0 Å². The lowest BCUT2D eigenvalue weighted by Gasteiger charge is -2.09. The maximum atomic E-state index is 11.3. The van der Waals surface area contributed by atoms with Crippen LogP contribution >= 0.6 is 21.4 Å². The summed E-state index contributed by atoms with van der Waals surface area (Å²) < 4.78 is 45.0. The van der Waals surface area contributed by atoms with Crippen molar-refractivity contribution in [1.29, 1.82) is 0 Å². The first-order valence-corrected chi connectivity index (χ1v) is 8.66. The van der Waals surface area contributed by atoms with Gasteiger partial charge in [0.15, 0.2) is 0 Å². The maximum Gasteiger partial charge on any atom is 0.262 e. The maximum absolute atomic E-state index is 11.3. The van der Waals surface area contributed by atoms with E-state index in [1.54, 1.807) is 6.92 Å². The van der Waals surface area contributed by atoms with Crippen LogP contribution < -0.4 is 0 Å². The van der Waals surface area contributed by atoms with Crippen LogP contribution in [0.15, 0.2) is 21.9 Å². The molecule has 0 unspecified atom stereocenters. The summed E-state index contributed by atoms with van der Waals surface area (Å²) in [6.07, 6.45) is 0. The van der Waals surface area contributed by atoms with Gasteiger partial charge in [-0.1, -0.05) is 6.07 Å². The van der Waals surface area contributed by atoms with E-state index in [-0.39, 0.29) is 5.56 Å². The molecule has 90 valence electrons. The molecule has 0 heterocycles. The highest BCUT2D eigenvalue weighted by Crippen LogP contribution is 2.31. The van der Waals surface area contributed by atoms with E-state index in [0.29, 0.717) is 5.56 Å². The minimum Gasteiger partial charge on any atom is -0.207 e. The molecule has 0 N–H and O–H groups in total. The Morgan fingerprint density at radius 1 is 0.938 bits per heavy atom. The summed E-state index contributed by atoms with van der Waals surface area (Å²) in [5, 5.41) is 0. The quantitative estimate of drug-likeness (QED) is 0.785. The van der Waals surface area contributed by atoms with Crippen molar-refractivity contribution in [2.24, 2.45) is 0 Å². The fraction of sp³-hybridized carbons (Fsp3) is 0.250. The molecule has 16 heavy (non-hydrogen) atoms. The van der Waals surface area contributed by atoms with Gasteiger partial charge in [-0.15, -0.1) is 0 Å². The Bertz CT molecular complexity index is 632. The predicted octanol–water partition coefficient (Wildman–Crippen LogP) is 2.16. The third-order valence-corrected chi connectivity index (χ3v) is 5.12. The largest absolute Gasteiger partial charge is 0.262 e. The average Bonchev–Trinajstić information content (AvgIpc) is 2.05. The summed E-state index contributed by atoms with van der Waals surface area (Å²) in [5.74, 6) is 0. The molecule has 0 saturated carbocycles. The molecule has 0 aliphatic rings. The molecule has 4 nitrogen and oxygen atoms in total. The highest BCUT2D eigenvalue weighted by molar-refractivity contribution is 8.16. The van der Waals surface area contributed by atoms with E-state index in [1.165, 1.54) is 13.0 Å². The van der Waals surface area contributed by atoms with Crippen LogP contribution in [0.3, 0.4) is 0 Å². The van der Waals surface area contributed by atoms with Crippen molar-refractivity contribution < 1.29 is 16.8 Å². The smallest absolute Gasteiger partial charge is 0.207 e. The van der Waals surface area contributed by atoms with Gasteiger partial charge in [0.25, 0.3) is 18.1 Å². The molecule has 0 aliphatic carbocycles. The third-order valence-electron chi connectivity index (χ3n) is 2.15. The molecule has 0 atom stereocenters. The van der Waals surface area contributed by atoms with E-state index in [0.717, 1.165) is 6.07 Å². The molecule has 1 rings (SSSR count). The Labute approximate surface area is 103 Å². The predicted molar refractivity (Wildman–Crippen MR) is 62.0 cm³/mol. The molecule has 0 amide bonds. The number of halogens is 2.